The maximum absolute atomic E-state index is 12.6. The summed E-state index contributed by atoms with van der Waals surface area (Å²) in [4.78, 5) is 10.3. The number of hydrogen-bond donors (Lipinski definition) is 1. The van der Waals surface area contributed by atoms with Crippen LogP contribution in [0.25, 0.3) is 0 Å². The number of allylic oxidation sites excluding steroid dienone is 1. The van der Waals surface area contributed by atoms with Crippen LogP contribution in [0.15, 0.2) is 18.9 Å². The van der Waals surface area contributed by atoms with E-state index in [-0.39, 0.29) is 0 Å². The van der Waals surface area contributed by atoms with Gasteiger partial charge in [-0.3, -0.25) is 4.68 Å². The van der Waals surface area contributed by atoms with E-state index < -0.39 is 17.5 Å². The highest BCUT2D eigenvalue weighted by Crippen LogP contribution is 2.04. The molecule has 5 heteroatoms. The second-order valence-electron chi connectivity index (χ2n) is 2.15. The van der Waals surface area contributed by atoms with Crippen molar-refractivity contribution in [2.75, 3.05) is 0 Å². The van der Waals surface area contributed by atoms with E-state index in [4.69, 9.17) is 5.11 Å². The van der Waals surface area contributed by atoms with Crippen molar-refractivity contribution in [1.29, 1.82) is 0 Å². The van der Waals surface area contributed by atoms with E-state index in [9.17, 15) is 9.18 Å². The Hall–Kier alpha value is -1.65. The summed E-state index contributed by atoms with van der Waals surface area (Å²) in [6.07, 6.45) is 2.62. The topological polar surface area (TPSA) is 55.1 Å². The first-order valence-corrected chi connectivity index (χ1v) is 3.22. The molecule has 0 aliphatic heterocycles. The molecule has 0 amide bonds. The highest BCUT2D eigenvalue weighted by Gasteiger charge is 2.13. The molecule has 12 heavy (non-hydrogen) atoms. The van der Waals surface area contributed by atoms with Gasteiger partial charge in [0.1, 0.15) is 5.56 Å². The minimum atomic E-state index is -1.32. The van der Waals surface area contributed by atoms with Crippen LogP contribution in [0.4, 0.5) is 4.39 Å². The summed E-state index contributed by atoms with van der Waals surface area (Å²) < 4.78 is 13.8. The van der Waals surface area contributed by atoms with Gasteiger partial charge in [0, 0.05) is 6.20 Å². The number of aromatic nitrogens is 2. The second kappa shape index (κ2) is 3.17. The van der Waals surface area contributed by atoms with Crippen LogP contribution < -0.4 is 0 Å². The van der Waals surface area contributed by atoms with Crippen LogP contribution in [0.5, 0.6) is 0 Å². The van der Waals surface area contributed by atoms with Gasteiger partial charge in [-0.25, -0.2) is 4.79 Å². The largest absolute Gasteiger partial charge is 0.477 e. The van der Waals surface area contributed by atoms with E-state index in [1.807, 2.05) is 0 Å². The minimum absolute atomic E-state index is 0.296. The van der Waals surface area contributed by atoms with Crippen molar-refractivity contribution >= 4 is 5.97 Å². The summed E-state index contributed by atoms with van der Waals surface area (Å²) in [5.41, 5.74) is -0.420. The number of rotatable bonds is 3. The second-order valence-corrected chi connectivity index (χ2v) is 2.15. The molecule has 1 N–H and O–H groups in total. The molecule has 1 heterocycles. The lowest BCUT2D eigenvalue weighted by atomic mass is 10.4. The number of halogens is 1. The van der Waals surface area contributed by atoms with E-state index in [1.54, 1.807) is 0 Å². The van der Waals surface area contributed by atoms with Gasteiger partial charge in [0.2, 0.25) is 5.95 Å². The molecule has 0 aliphatic rings. The van der Waals surface area contributed by atoms with Crippen molar-refractivity contribution in [3.63, 3.8) is 0 Å². The van der Waals surface area contributed by atoms with Gasteiger partial charge in [0.25, 0.3) is 0 Å². The van der Waals surface area contributed by atoms with Crippen LogP contribution in [0.3, 0.4) is 0 Å². The number of hydrogen-bond acceptors (Lipinski definition) is 2. The predicted molar refractivity (Wildman–Crippen MR) is 39.3 cm³/mol. The Morgan fingerprint density at radius 3 is 3.00 bits per heavy atom. The lowest BCUT2D eigenvalue weighted by molar-refractivity contribution is 0.0692. The molecule has 0 saturated heterocycles. The van der Waals surface area contributed by atoms with Gasteiger partial charge in [-0.15, -0.1) is 11.7 Å². The lowest BCUT2D eigenvalue weighted by Gasteiger charge is -1.90. The van der Waals surface area contributed by atoms with Crippen LogP contribution in [0, 0.1) is 5.95 Å². The Morgan fingerprint density at radius 1 is 1.92 bits per heavy atom. The molecule has 0 saturated carbocycles. The van der Waals surface area contributed by atoms with Gasteiger partial charge >= 0.3 is 5.97 Å². The first-order valence-electron chi connectivity index (χ1n) is 3.22. The van der Waals surface area contributed by atoms with E-state index in [0.29, 0.717) is 6.54 Å². The maximum atomic E-state index is 12.6. The fourth-order valence-corrected chi connectivity index (χ4v) is 0.767. The summed E-state index contributed by atoms with van der Waals surface area (Å²) in [7, 11) is 0. The highest BCUT2D eigenvalue weighted by atomic mass is 19.1. The molecule has 0 unspecified atom stereocenters. The number of carboxylic acid groups (broad SMARTS) is 1. The Balaban J connectivity index is 2.99. The molecule has 0 fully saturated rings. The smallest absolute Gasteiger partial charge is 0.342 e. The van der Waals surface area contributed by atoms with Crippen LogP contribution in [-0.2, 0) is 6.54 Å². The van der Waals surface area contributed by atoms with Crippen molar-refractivity contribution in [3.05, 3.63) is 30.4 Å². The zero-order valence-electron chi connectivity index (χ0n) is 6.20. The van der Waals surface area contributed by atoms with E-state index in [2.05, 4.69) is 11.7 Å². The maximum Gasteiger partial charge on any atom is 0.342 e. The van der Waals surface area contributed by atoms with Gasteiger partial charge in [0.15, 0.2) is 0 Å². The first kappa shape index (κ1) is 8.45. The monoisotopic (exact) mass is 170 g/mol. The highest BCUT2D eigenvalue weighted by molar-refractivity contribution is 5.87. The van der Waals surface area contributed by atoms with Gasteiger partial charge in [-0.2, -0.15) is 4.39 Å². The van der Waals surface area contributed by atoms with Gasteiger partial charge in [0.05, 0.1) is 6.54 Å². The molecule has 64 valence electrons. The molecular weight excluding hydrogens is 163 g/mol. The lowest BCUT2D eigenvalue weighted by Crippen LogP contribution is -1.96. The Bertz CT molecular complexity index is 319. The van der Waals surface area contributed by atoms with Crippen LogP contribution >= 0.6 is 0 Å². The summed E-state index contributed by atoms with van der Waals surface area (Å²) in [5.74, 6) is -2.29. The third-order valence-corrected chi connectivity index (χ3v) is 1.26. The predicted octanol–water partition coefficient (Wildman–Crippen LogP) is 0.906. The van der Waals surface area contributed by atoms with Gasteiger partial charge in [-0.1, -0.05) is 6.08 Å². The Morgan fingerprint density at radius 2 is 2.58 bits per heavy atom. The van der Waals surface area contributed by atoms with Crippen molar-refractivity contribution in [2.24, 2.45) is 0 Å². The fraction of sp³-hybridized carbons (Fsp3) is 0.143. The third kappa shape index (κ3) is 1.50. The van der Waals surface area contributed by atoms with Crippen LogP contribution in [0.1, 0.15) is 10.4 Å². The van der Waals surface area contributed by atoms with Crippen molar-refractivity contribution in [2.45, 2.75) is 6.54 Å². The fourth-order valence-electron chi connectivity index (χ4n) is 0.767. The van der Waals surface area contributed by atoms with E-state index in [0.717, 1.165) is 6.20 Å². The number of carbonyl (C=O) groups is 1. The molecule has 1 aromatic heterocycles. The zero-order chi connectivity index (χ0) is 9.14. The first-order chi connectivity index (χ1) is 5.65. The van der Waals surface area contributed by atoms with Crippen molar-refractivity contribution in [1.82, 2.24) is 9.78 Å². The van der Waals surface area contributed by atoms with Crippen LogP contribution in [0.2, 0.25) is 0 Å². The van der Waals surface area contributed by atoms with Crippen LogP contribution in [-0.4, -0.2) is 20.9 Å². The molecule has 0 atom stereocenters. The van der Waals surface area contributed by atoms with Gasteiger partial charge < -0.3 is 5.11 Å². The molecule has 0 aliphatic carbocycles. The van der Waals surface area contributed by atoms with Gasteiger partial charge in [-0.05, 0) is 0 Å². The molecule has 0 aromatic carbocycles. The summed E-state index contributed by atoms with van der Waals surface area (Å²) in [5, 5.41) is 11.7. The third-order valence-electron chi connectivity index (χ3n) is 1.26. The van der Waals surface area contributed by atoms with Crippen molar-refractivity contribution in [3.8, 4) is 0 Å². The number of carboxylic acids is 1. The molecule has 1 rings (SSSR count). The molecule has 1 aromatic rings. The molecular formula is C7H7FN2O2. The summed E-state index contributed by atoms with van der Waals surface area (Å²) in [6.45, 7) is 3.70. The van der Waals surface area contributed by atoms with Crippen molar-refractivity contribution < 1.29 is 14.3 Å². The summed E-state index contributed by atoms with van der Waals surface area (Å²) >= 11 is 0. The minimum Gasteiger partial charge on any atom is -0.477 e. The molecule has 0 radical (unpaired) electrons. The molecule has 0 bridgehead atoms. The number of aromatic carboxylic acids is 1. The average molecular weight is 170 g/mol. The molecule has 0 spiro atoms. The Labute approximate surface area is 67.9 Å². The SMILES string of the molecule is C=CCn1cc(C(=O)O)c(F)n1. The normalized spacial score (nSPS) is 9.75. The summed E-state index contributed by atoms with van der Waals surface area (Å²) in [6, 6.07) is 0. The average Bonchev–Trinajstić information content (AvgIpc) is 2.32. The Kier molecular flexibility index (Phi) is 2.23. The van der Waals surface area contributed by atoms with E-state index >= 15 is 0 Å². The zero-order valence-corrected chi connectivity index (χ0v) is 6.20. The standard InChI is InChI=1S/C7H7FN2O2/c1-2-3-10-4-5(7(11)12)6(8)9-10/h2,4H,1,3H2,(H,11,12). The number of nitrogens with zero attached hydrogens (tertiary/aromatic N) is 2. The molecule has 4 nitrogen and oxygen atoms in total. The quantitative estimate of drug-likeness (QED) is 0.686. The van der Waals surface area contributed by atoms with E-state index in [1.165, 1.54) is 10.8 Å².